The van der Waals surface area contributed by atoms with Crippen molar-refractivity contribution in [3.63, 3.8) is 0 Å². The van der Waals surface area contributed by atoms with Crippen molar-refractivity contribution in [2.45, 2.75) is 51.6 Å². The summed E-state index contributed by atoms with van der Waals surface area (Å²) in [6, 6.07) is 20.1. The number of benzene rings is 2. The van der Waals surface area contributed by atoms with Gasteiger partial charge in [-0.3, -0.25) is 0 Å². The normalized spacial score (nSPS) is 10.6. The third kappa shape index (κ3) is 11.3. The molecule has 0 atom stereocenters. The quantitative estimate of drug-likeness (QED) is 0.266. The molecule has 0 unspecified atom stereocenters. The molecule has 0 aliphatic rings. The van der Waals surface area contributed by atoms with Crippen LogP contribution in [0.3, 0.4) is 0 Å². The maximum Gasteiger partial charge on any atom is 0.410 e. The first-order valence-corrected chi connectivity index (χ1v) is 11.3. The number of carbonyl (C=O) groups excluding carboxylic acids is 2. The number of unbranched alkanes of at least 4 members (excludes halogenated alkanes) is 4. The Hall–Kier alpha value is -2.66. The molecule has 0 fully saturated rings. The van der Waals surface area contributed by atoms with Gasteiger partial charge in [0.15, 0.2) is 0 Å². The van der Waals surface area contributed by atoms with E-state index < -0.39 is 6.09 Å². The predicted molar refractivity (Wildman–Crippen MR) is 123 cm³/mol. The molecule has 0 spiro atoms. The van der Waals surface area contributed by atoms with Crippen LogP contribution in [0.15, 0.2) is 60.7 Å². The summed E-state index contributed by atoms with van der Waals surface area (Å²) >= 11 is 0. The number of aldehydes is 1. The number of nitrogens with zero attached hydrogens (tertiary/aromatic N) is 1. The summed E-state index contributed by atoms with van der Waals surface area (Å²) in [5.74, 6) is 0. The largest absolute Gasteiger partial charge is 0.445 e. The highest BCUT2D eigenvalue weighted by Crippen LogP contribution is 2.07. The number of rotatable bonds is 16. The summed E-state index contributed by atoms with van der Waals surface area (Å²) in [4.78, 5) is 24.6. The van der Waals surface area contributed by atoms with Crippen LogP contribution in [0.1, 0.15) is 49.7 Å². The zero-order valence-corrected chi connectivity index (χ0v) is 18.4. The van der Waals surface area contributed by atoms with Gasteiger partial charge in [0.25, 0.3) is 0 Å². The van der Waals surface area contributed by atoms with Crippen LogP contribution in [0.2, 0.25) is 0 Å². The predicted octanol–water partition coefficient (Wildman–Crippen LogP) is 5.42. The molecule has 0 aliphatic heterocycles. The number of aryl methyl sites for hydroxylation is 1. The summed E-state index contributed by atoms with van der Waals surface area (Å²) in [5, 5.41) is 0. The molecule has 0 bridgehead atoms. The molecule has 0 N–H and O–H groups in total. The average molecular weight is 426 g/mol. The van der Waals surface area contributed by atoms with Crippen molar-refractivity contribution in [3.8, 4) is 0 Å². The van der Waals surface area contributed by atoms with Gasteiger partial charge in [-0.2, -0.15) is 0 Å². The van der Waals surface area contributed by atoms with Crippen molar-refractivity contribution >= 4 is 12.4 Å². The zero-order chi connectivity index (χ0) is 22.0. The van der Waals surface area contributed by atoms with Gasteiger partial charge >= 0.3 is 6.09 Å². The van der Waals surface area contributed by atoms with Gasteiger partial charge in [0.1, 0.15) is 12.9 Å². The Balaban J connectivity index is 1.46. The van der Waals surface area contributed by atoms with E-state index in [1.54, 1.807) is 0 Å². The van der Waals surface area contributed by atoms with Gasteiger partial charge in [0.05, 0.1) is 6.54 Å². The van der Waals surface area contributed by atoms with Gasteiger partial charge < -0.3 is 19.2 Å². The number of carbonyl (C=O) groups is 2. The van der Waals surface area contributed by atoms with E-state index in [9.17, 15) is 9.59 Å². The van der Waals surface area contributed by atoms with Gasteiger partial charge in [-0.05, 0) is 43.2 Å². The second-order valence-electron chi connectivity index (χ2n) is 7.62. The highest BCUT2D eigenvalue weighted by molar-refractivity contribution is 5.71. The average Bonchev–Trinajstić information content (AvgIpc) is 2.81. The van der Waals surface area contributed by atoms with E-state index in [0.717, 1.165) is 70.0 Å². The third-order valence-corrected chi connectivity index (χ3v) is 5.07. The summed E-state index contributed by atoms with van der Waals surface area (Å²) in [6.07, 6.45) is 7.57. The number of ether oxygens (including phenoxy) is 2. The number of hydrogen-bond acceptors (Lipinski definition) is 4. The third-order valence-electron chi connectivity index (χ3n) is 5.07. The lowest BCUT2D eigenvalue weighted by atomic mass is 10.1. The maximum atomic E-state index is 12.2. The smallest absolute Gasteiger partial charge is 0.410 e. The Morgan fingerprint density at radius 1 is 0.774 bits per heavy atom. The van der Waals surface area contributed by atoms with E-state index in [-0.39, 0.29) is 13.2 Å². The van der Waals surface area contributed by atoms with Crippen molar-refractivity contribution in [3.05, 3.63) is 71.8 Å². The fourth-order valence-corrected chi connectivity index (χ4v) is 3.30. The van der Waals surface area contributed by atoms with Crippen LogP contribution in [0.4, 0.5) is 4.79 Å². The highest BCUT2D eigenvalue weighted by Gasteiger charge is 2.14. The van der Waals surface area contributed by atoms with Gasteiger partial charge in [0, 0.05) is 19.8 Å². The Morgan fingerprint density at radius 2 is 1.39 bits per heavy atom. The topological polar surface area (TPSA) is 55.8 Å². The maximum absolute atomic E-state index is 12.2. The lowest BCUT2D eigenvalue weighted by Crippen LogP contribution is -2.34. The first-order chi connectivity index (χ1) is 15.3. The minimum Gasteiger partial charge on any atom is -0.445 e. The van der Waals surface area contributed by atoms with Gasteiger partial charge in [0.2, 0.25) is 0 Å². The van der Waals surface area contributed by atoms with E-state index in [1.807, 2.05) is 36.4 Å². The molecule has 0 saturated heterocycles. The molecule has 0 heterocycles. The minimum absolute atomic E-state index is 0.0692. The van der Waals surface area contributed by atoms with Crippen LogP contribution in [-0.2, 0) is 27.3 Å². The zero-order valence-electron chi connectivity index (χ0n) is 18.4. The van der Waals surface area contributed by atoms with Crippen LogP contribution < -0.4 is 0 Å². The molecule has 5 heteroatoms. The summed E-state index contributed by atoms with van der Waals surface area (Å²) < 4.78 is 11.0. The fraction of sp³-hybridized carbons (Fsp3) is 0.462. The van der Waals surface area contributed by atoms with Crippen LogP contribution in [0.5, 0.6) is 0 Å². The van der Waals surface area contributed by atoms with Gasteiger partial charge in [-0.15, -0.1) is 0 Å². The molecule has 168 valence electrons. The minimum atomic E-state index is -0.435. The Kier molecular flexibility index (Phi) is 12.8. The van der Waals surface area contributed by atoms with Gasteiger partial charge in [-0.1, -0.05) is 73.5 Å². The molecule has 2 aromatic rings. The monoisotopic (exact) mass is 425 g/mol. The first kappa shape index (κ1) is 24.6. The molecule has 0 radical (unpaired) electrons. The molecule has 0 aromatic heterocycles. The SMILES string of the molecule is O=CCN(CCCCCCOCCCCc1ccccc1)C(=O)OCc1ccccc1. The van der Waals surface area contributed by atoms with Crippen LogP contribution in [-0.4, -0.2) is 43.6 Å². The molecule has 0 aliphatic carbocycles. The molecule has 2 rings (SSSR count). The second-order valence-corrected chi connectivity index (χ2v) is 7.62. The lowest BCUT2D eigenvalue weighted by Gasteiger charge is -2.19. The number of amides is 1. The van der Waals surface area contributed by atoms with Crippen molar-refractivity contribution in [2.24, 2.45) is 0 Å². The Morgan fingerprint density at radius 3 is 2.06 bits per heavy atom. The second kappa shape index (κ2) is 16.1. The fourth-order valence-electron chi connectivity index (χ4n) is 3.30. The summed E-state index contributed by atoms with van der Waals surface area (Å²) in [7, 11) is 0. The van der Waals surface area contributed by atoms with Crippen LogP contribution in [0.25, 0.3) is 0 Å². The summed E-state index contributed by atoms with van der Waals surface area (Å²) in [5.41, 5.74) is 2.32. The first-order valence-electron chi connectivity index (χ1n) is 11.3. The molecule has 0 saturated carbocycles. The molecule has 31 heavy (non-hydrogen) atoms. The van der Waals surface area contributed by atoms with E-state index in [1.165, 1.54) is 10.5 Å². The van der Waals surface area contributed by atoms with E-state index in [2.05, 4.69) is 24.3 Å². The standard InChI is InChI=1S/C26H35NO4/c28-20-19-27(26(29)31-23-25-16-7-4-8-17-25)18-10-1-2-11-21-30-22-12-9-15-24-13-5-3-6-14-24/h3-8,13-14,16-17,20H,1-2,9-12,15,18-19,21-23H2. The molecular weight excluding hydrogens is 390 g/mol. The highest BCUT2D eigenvalue weighted by atomic mass is 16.6. The molecule has 1 amide bonds. The van der Waals surface area contributed by atoms with E-state index in [0.29, 0.717) is 6.54 Å². The Labute approximate surface area is 186 Å². The van der Waals surface area contributed by atoms with Gasteiger partial charge in [-0.25, -0.2) is 4.79 Å². The lowest BCUT2D eigenvalue weighted by molar-refractivity contribution is -0.108. The van der Waals surface area contributed by atoms with Crippen molar-refractivity contribution in [1.29, 1.82) is 0 Å². The van der Waals surface area contributed by atoms with Crippen LogP contribution >= 0.6 is 0 Å². The van der Waals surface area contributed by atoms with Crippen molar-refractivity contribution in [1.82, 2.24) is 4.90 Å². The Bertz CT molecular complexity index is 721. The number of hydrogen-bond donors (Lipinski definition) is 0. The van der Waals surface area contributed by atoms with E-state index >= 15 is 0 Å². The molecule has 2 aromatic carbocycles. The van der Waals surface area contributed by atoms with E-state index in [4.69, 9.17) is 9.47 Å². The molecular formula is C26H35NO4. The summed E-state index contributed by atoms with van der Waals surface area (Å²) in [6.45, 7) is 2.42. The van der Waals surface area contributed by atoms with Crippen molar-refractivity contribution < 1.29 is 19.1 Å². The van der Waals surface area contributed by atoms with Crippen LogP contribution in [0, 0.1) is 0 Å². The van der Waals surface area contributed by atoms with Crippen molar-refractivity contribution in [2.75, 3.05) is 26.3 Å². The molecule has 5 nitrogen and oxygen atoms in total.